The molecule has 2 amide bonds. The Balaban J connectivity index is 1.46. The maximum atomic E-state index is 13.4. The van der Waals surface area contributed by atoms with Gasteiger partial charge in [0.25, 0.3) is 5.91 Å². The molecule has 1 fully saturated rings. The minimum Gasteiger partial charge on any atom is -0.336 e. The van der Waals surface area contributed by atoms with Crippen molar-refractivity contribution >= 4 is 27.5 Å². The van der Waals surface area contributed by atoms with E-state index in [9.17, 15) is 18.0 Å². The molecule has 3 aromatic rings. The molecule has 1 aliphatic rings. The second-order valence-electron chi connectivity index (χ2n) is 9.29. The van der Waals surface area contributed by atoms with Crippen molar-refractivity contribution < 1.29 is 18.0 Å². The first-order valence-electron chi connectivity index (χ1n) is 12.2. The van der Waals surface area contributed by atoms with E-state index in [1.807, 2.05) is 49.2 Å². The number of carbonyl (C=O) groups is 2. The number of sulfonamides is 1. The summed E-state index contributed by atoms with van der Waals surface area (Å²) in [6, 6.07) is 22.4. The number of anilines is 1. The van der Waals surface area contributed by atoms with Crippen LogP contribution in [-0.4, -0.2) is 74.1 Å². The molecule has 37 heavy (non-hydrogen) atoms. The first-order valence-corrected chi connectivity index (χ1v) is 13.6. The molecule has 0 spiro atoms. The summed E-state index contributed by atoms with van der Waals surface area (Å²) in [6.07, 6.45) is 0. The van der Waals surface area contributed by atoms with E-state index < -0.39 is 15.9 Å². The number of amides is 2. The molecule has 0 aromatic heterocycles. The van der Waals surface area contributed by atoms with Crippen molar-refractivity contribution in [3.05, 3.63) is 95.6 Å². The molecule has 1 N–H and O–H groups in total. The topological polar surface area (TPSA) is 90.0 Å². The third kappa shape index (κ3) is 6.82. The van der Waals surface area contributed by atoms with Crippen molar-refractivity contribution in [1.29, 1.82) is 0 Å². The minimum atomic E-state index is -3.92. The van der Waals surface area contributed by atoms with Crippen molar-refractivity contribution in [2.75, 3.05) is 45.1 Å². The second-order valence-corrected chi connectivity index (χ2v) is 11.2. The predicted octanol–water partition coefficient (Wildman–Crippen LogP) is 3.21. The van der Waals surface area contributed by atoms with Crippen molar-refractivity contribution in [3.8, 4) is 0 Å². The summed E-state index contributed by atoms with van der Waals surface area (Å²) in [5, 5.41) is 2.77. The number of benzene rings is 3. The maximum absolute atomic E-state index is 13.4. The molecular formula is C28H32N4O4S. The van der Waals surface area contributed by atoms with Crippen LogP contribution in [0.1, 0.15) is 21.5 Å². The highest BCUT2D eigenvalue weighted by Crippen LogP contribution is 2.20. The molecule has 0 atom stereocenters. The molecule has 1 heterocycles. The Bertz CT molecular complexity index is 1320. The first kappa shape index (κ1) is 26.5. The maximum Gasteiger partial charge on any atom is 0.253 e. The van der Waals surface area contributed by atoms with E-state index in [1.165, 1.54) is 4.31 Å². The molecule has 4 rings (SSSR count). The summed E-state index contributed by atoms with van der Waals surface area (Å²) in [4.78, 5) is 29.9. The molecule has 0 radical (unpaired) electrons. The largest absolute Gasteiger partial charge is 0.336 e. The highest BCUT2D eigenvalue weighted by atomic mass is 32.2. The van der Waals surface area contributed by atoms with Crippen LogP contribution in [0.25, 0.3) is 0 Å². The van der Waals surface area contributed by atoms with E-state index in [-0.39, 0.29) is 23.9 Å². The monoisotopic (exact) mass is 520 g/mol. The number of hydrogen-bond acceptors (Lipinski definition) is 5. The fourth-order valence-corrected chi connectivity index (χ4v) is 5.51. The third-order valence-corrected chi connectivity index (χ3v) is 8.19. The molecule has 0 aliphatic carbocycles. The van der Waals surface area contributed by atoms with Gasteiger partial charge >= 0.3 is 0 Å². The van der Waals surface area contributed by atoms with Gasteiger partial charge in [-0.2, -0.15) is 4.31 Å². The van der Waals surface area contributed by atoms with Crippen LogP contribution in [0.2, 0.25) is 0 Å². The molecular weight excluding hydrogens is 488 g/mol. The Kier molecular flexibility index (Phi) is 8.38. The van der Waals surface area contributed by atoms with Crippen LogP contribution < -0.4 is 5.32 Å². The van der Waals surface area contributed by atoms with Crippen LogP contribution in [0.5, 0.6) is 0 Å². The van der Waals surface area contributed by atoms with Gasteiger partial charge in [-0.15, -0.1) is 0 Å². The number of rotatable bonds is 8. The number of likely N-dealkylation sites (N-methyl/N-ethyl adjacent to an activating group) is 1. The van der Waals surface area contributed by atoms with E-state index in [4.69, 9.17) is 0 Å². The van der Waals surface area contributed by atoms with Gasteiger partial charge in [0.2, 0.25) is 15.9 Å². The summed E-state index contributed by atoms with van der Waals surface area (Å²) in [5.74, 6) is -0.506. The quantitative estimate of drug-likeness (QED) is 0.493. The van der Waals surface area contributed by atoms with Gasteiger partial charge in [0.15, 0.2) is 0 Å². The standard InChI is InChI=1S/C28H32N4O4S/c1-22-8-14-26(15-9-22)37(35,36)32(20-23-6-4-3-5-7-23)21-27(33)29-25-12-10-24(11-13-25)28(34)31-18-16-30(2)17-19-31/h3-15H,16-21H2,1-2H3,(H,29,33). The number of piperazine rings is 1. The van der Waals surface area contributed by atoms with E-state index in [0.29, 0.717) is 24.3 Å². The van der Waals surface area contributed by atoms with Crippen LogP contribution in [0, 0.1) is 6.92 Å². The van der Waals surface area contributed by atoms with Gasteiger partial charge in [-0.3, -0.25) is 9.59 Å². The zero-order valence-electron chi connectivity index (χ0n) is 21.1. The molecule has 0 bridgehead atoms. The van der Waals surface area contributed by atoms with Gasteiger partial charge in [-0.25, -0.2) is 8.42 Å². The lowest BCUT2D eigenvalue weighted by Crippen LogP contribution is -2.47. The molecule has 0 saturated carbocycles. The molecule has 1 saturated heterocycles. The molecule has 1 aliphatic heterocycles. The number of carbonyl (C=O) groups excluding carboxylic acids is 2. The van der Waals surface area contributed by atoms with Gasteiger partial charge in [0.05, 0.1) is 11.4 Å². The Hall–Kier alpha value is -3.53. The Morgan fingerprint density at radius 3 is 2.11 bits per heavy atom. The van der Waals surface area contributed by atoms with Crippen LogP contribution in [0.3, 0.4) is 0 Å². The van der Waals surface area contributed by atoms with Crippen molar-refractivity contribution in [3.63, 3.8) is 0 Å². The fourth-order valence-electron chi connectivity index (χ4n) is 4.12. The average Bonchev–Trinajstić information content (AvgIpc) is 2.89. The number of hydrogen-bond donors (Lipinski definition) is 1. The Labute approximate surface area is 218 Å². The van der Waals surface area contributed by atoms with Gasteiger partial charge < -0.3 is 15.1 Å². The Morgan fingerprint density at radius 1 is 0.865 bits per heavy atom. The summed E-state index contributed by atoms with van der Waals surface area (Å²) in [6.45, 7) is 4.63. The van der Waals surface area contributed by atoms with Gasteiger partial charge in [-0.05, 0) is 55.9 Å². The highest BCUT2D eigenvalue weighted by molar-refractivity contribution is 7.89. The molecule has 3 aromatic carbocycles. The smallest absolute Gasteiger partial charge is 0.253 e. The van der Waals surface area contributed by atoms with Gasteiger partial charge in [0, 0.05) is 44.0 Å². The average molecular weight is 521 g/mol. The van der Waals surface area contributed by atoms with Crippen LogP contribution >= 0.6 is 0 Å². The predicted molar refractivity (Wildman–Crippen MR) is 144 cm³/mol. The van der Waals surface area contributed by atoms with Crippen molar-refractivity contribution in [2.45, 2.75) is 18.4 Å². The number of nitrogens with one attached hydrogen (secondary N) is 1. The zero-order valence-corrected chi connectivity index (χ0v) is 21.9. The zero-order chi connectivity index (χ0) is 26.4. The minimum absolute atomic E-state index is 0.0378. The fraction of sp³-hybridized carbons (Fsp3) is 0.286. The van der Waals surface area contributed by atoms with Gasteiger partial charge in [0.1, 0.15) is 0 Å². The highest BCUT2D eigenvalue weighted by Gasteiger charge is 2.27. The van der Waals surface area contributed by atoms with Crippen LogP contribution in [0.15, 0.2) is 83.8 Å². The number of aryl methyl sites for hydroxylation is 1. The summed E-state index contributed by atoms with van der Waals surface area (Å²) in [7, 11) is -1.88. The summed E-state index contributed by atoms with van der Waals surface area (Å²) < 4.78 is 28.0. The SMILES string of the molecule is Cc1ccc(S(=O)(=O)N(CC(=O)Nc2ccc(C(=O)N3CCN(C)CC3)cc2)Cc2ccccc2)cc1. The lowest BCUT2D eigenvalue weighted by molar-refractivity contribution is -0.116. The van der Waals surface area contributed by atoms with E-state index in [2.05, 4.69) is 10.2 Å². The second kappa shape index (κ2) is 11.7. The summed E-state index contributed by atoms with van der Waals surface area (Å²) in [5.41, 5.74) is 2.76. The molecule has 8 nitrogen and oxygen atoms in total. The normalized spacial score (nSPS) is 14.5. The van der Waals surface area contributed by atoms with E-state index >= 15 is 0 Å². The first-order chi connectivity index (χ1) is 17.7. The third-order valence-electron chi connectivity index (χ3n) is 6.39. The van der Waals surface area contributed by atoms with E-state index in [0.717, 1.165) is 24.2 Å². The lowest BCUT2D eigenvalue weighted by atomic mass is 10.1. The van der Waals surface area contributed by atoms with Crippen molar-refractivity contribution in [1.82, 2.24) is 14.1 Å². The lowest BCUT2D eigenvalue weighted by Gasteiger charge is -2.32. The molecule has 0 unspecified atom stereocenters. The summed E-state index contributed by atoms with van der Waals surface area (Å²) >= 11 is 0. The van der Waals surface area contributed by atoms with Crippen LogP contribution in [0.4, 0.5) is 5.69 Å². The Morgan fingerprint density at radius 2 is 1.49 bits per heavy atom. The van der Waals surface area contributed by atoms with Crippen molar-refractivity contribution in [2.24, 2.45) is 0 Å². The van der Waals surface area contributed by atoms with Gasteiger partial charge in [-0.1, -0.05) is 48.0 Å². The molecule has 194 valence electrons. The van der Waals surface area contributed by atoms with E-state index in [1.54, 1.807) is 48.5 Å². The van der Waals surface area contributed by atoms with Crippen LogP contribution in [-0.2, 0) is 21.4 Å². The number of nitrogens with zero attached hydrogens (tertiary/aromatic N) is 3. The molecule has 9 heteroatoms.